The molecule has 3 heteroatoms. The molecule has 2 saturated heterocycles. The standard InChI is InChI=1S/C17H26N2O/c1-14-6-10-19(11-7-14)12-15-2-4-16(5-3-15)17(20)8-9-18-13-17/h2-5,14,18,20H,6-13H2,1H3. The predicted octanol–water partition coefficient (Wildman–Crippen LogP) is 2.10. The van der Waals surface area contributed by atoms with E-state index in [4.69, 9.17) is 0 Å². The summed E-state index contributed by atoms with van der Waals surface area (Å²) in [6.07, 6.45) is 3.46. The minimum absolute atomic E-state index is 0.654. The third-order valence-corrected chi connectivity index (χ3v) is 4.91. The van der Waals surface area contributed by atoms with E-state index < -0.39 is 5.60 Å². The second-order valence-corrected chi connectivity index (χ2v) is 6.61. The molecule has 3 nitrogen and oxygen atoms in total. The van der Waals surface area contributed by atoms with Crippen LogP contribution in [0.1, 0.15) is 37.3 Å². The van der Waals surface area contributed by atoms with Crippen LogP contribution in [-0.2, 0) is 12.1 Å². The molecule has 0 amide bonds. The number of nitrogens with zero attached hydrogens (tertiary/aromatic N) is 1. The molecule has 0 bridgehead atoms. The molecule has 2 N–H and O–H groups in total. The van der Waals surface area contributed by atoms with Crippen LogP contribution in [0, 0.1) is 5.92 Å². The zero-order chi connectivity index (χ0) is 14.0. The summed E-state index contributed by atoms with van der Waals surface area (Å²) < 4.78 is 0. The van der Waals surface area contributed by atoms with Crippen molar-refractivity contribution in [1.29, 1.82) is 0 Å². The maximum atomic E-state index is 10.5. The zero-order valence-electron chi connectivity index (χ0n) is 12.4. The number of hydrogen-bond donors (Lipinski definition) is 2. The monoisotopic (exact) mass is 274 g/mol. The first-order valence-corrected chi connectivity index (χ1v) is 7.91. The molecule has 1 aromatic carbocycles. The molecular formula is C17H26N2O. The summed E-state index contributed by atoms with van der Waals surface area (Å²) in [6, 6.07) is 8.58. The van der Waals surface area contributed by atoms with E-state index >= 15 is 0 Å². The van der Waals surface area contributed by atoms with E-state index in [1.807, 2.05) is 0 Å². The Morgan fingerprint density at radius 1 is 1.25 bits per heavy atom. The zero-order valence-corrected chi connectivity index (χ0v) is 12.4. The van der Waals surface area contributed by atoms with Crippen LogP contribution in [0.25, 0.3) is 0 Å². The van der Waals surface area contributed by atoms with Crippen molar-refractivity contribution < 1.29 is 5.11 Å². The summed E-state index contributed by atoms with van der Waals surface area (Å²) in [7, 11) is 0. The van der Waals surface area contributed by atoms with Crippen LogP contribution in [0.15, 0.2) is 24.3 Å². The summed E-state index contributed by atoms with van der Waals surface area (Å²) in [5.41, 5.74) is 1.76. The molecule has 2 fully saturated rings. The second kappa shape index (κ2) is 5.84. The predicted molar refractivity (Wildman–Crippen MR) is 81.5 cm³/mol. The van der Waals surface area contributed by atoms with Crippen LogP contribution in [0.2, 0.25) is 0 Å². The summed E-state index contributed by atoms with van der Waals surface area (Å²) in [4.78, 5) is 2.54. The van der Waals surface area contributed by atoms with Crippen LogP contribution < -0.4 is 5.32 Å². The SMILES string of the molecule is CC1CCN(Cc2ccc(C3(O)CCNC3)cc2)CC1. The lowest BCUT2D eigenvalue weighted by atomic mass is 9.92. The van der Waals surface area contributed by atoms with Crippen LogP contribution >= 0.6 is 0 Å². The van der Waals surface area contributed by atoms with Gasteiger partial charge in [-0.25, -0.2) is 0 Å². The van der Waals surface area contributed by atoms with Crippen molar-refractivity contribution >= 4 is 0 Å². The Labute approximate surface area is 122 Å². The van der Waals surface area contributed by atoms with Gasteiger partial charge in [0, 0.05) is 13.1 Å². The maximum Gasteiger partial charge on any atom is 0.103 e. The van der Waals surface area contributed by atoms with Gasteiger partial charge in [-0.2, -0.15) is 0 Å². The van der Waals surface area contributed by atoms with Gasteiger partial charge in [-0.1, -0.05) is 31.2 Å². The first-order valence-electron chi connectivity index (χ1n) is 7.91. The number of benzene rings is 1. The lowest BCUT2D eigenvalue weighted by Gasteiger charge is -2.30. The van der Waals surface area contributed by atoms with Crippen molar-refractivity contribution in [2.24, 2.45) is 5.92 Å². The summed E-state index contributed by atoms with van der Waals surface area (Å²) in [5.74, 6) is 0.887. The van der Waals surface area contributed by atoms with Gasteiger partial charge >= 0.3 is 0 Å². The van der Waals surface area contributed by atoms with Gasteiger partial charge < -0.3 is 10.4 Å². The van der Waals surface area contributed by atoms with Crippen LogP contribution in [0.3, 0.4) is 0 Å². The van der Waals surface area contributed by atoms with Gasteiger partial charge in [0.2, 0.25) is 0 Å². The van der Waals surface area contributed by atoms with Gasteiger partial charge in [0.05, 0.1) is 0 Å². The molecule has 110 valence electrons. The van der Waals surface area contributed by atoms with Crippen molar-refractivity contribution in [1.82, 2.24) is 10.2 Å². The molecule has 2 aliphatic heterocycles. The van der Waals surface area contributed by atoms with Crippen molar-refractivity contribution in [2.75, 3.05) is 26.2 Å². The highest BCUT2D eigenvalue weighted by molar-refractivity contribution is 5.28. The summed E-state index contributed by atoms with van der Waals surface area (Å²) in [6.45, 7) is 7.42. The van der Waals surface area contributed by atoms with Gasteiger partial charge in [0.25, 0.3) is 0 Å². The van der Waals surface area contributed by atoms with Crippen LogP contribution in [0.4, 0.5) is 0 Å². The molecular weight excluding hydrogens is 248 g/mol. The number of nitrogens with one attached hydrogen (secondary N) is 1. The largest absolute Gasteiger partial charge is 0.384 e. The summed E-state index contributed by atoms with van der Waals surface area (Å²) >= 11 is 0. The van der Waals surface area contributed by atoms with Crippen LogP contribution in [-0.4, -0.2) is 36.2 Å². The molecule has 0 radical (unpaired) electrons. The van der Waals surface area contributed by atoms with Gasteiger partial charge in [0.15, 0.2) is 0 Å². The van der Waals surface area contributed by atoms with Crippen molar-refractivity contribution in [3.63, 3.8) is 0 Å². The van der Waals surface area contributed by atoms with Gasteiger partial charge in [0.1, 0.15) is 5.60 Å². The highest BCUT2D eigenvalue weighted by Gasteiger charge is 2.32. The Morgan fingerprint density at radius 3 is 2.55 bits per heavy atom. The molecule has 0 spiro atoms. The van der Waals surface area contributed by atoms with Gasteiger partial charge in [-0.05, 0) is 55.9 Å². The fraction of sp³-hybridized carbons (Fsp3) is 0.647. The minimum Gasteiger partial charge on any atom is -0.384 e. The Morgan fingerprint density at radius 2 is 1.95 bits per heavy atom. The molecule has 2 aliphatic rings. The number of β-amino-alcohol motifs (C(OH)–C–C–N with tert-alkyl or cyclic N) is 1. The fourth-order valence-electron chi connectivity index (χ4n) is 3.32. The molecule has 0 aromatic heterocycles. The molecule has 0 aliphatic carbocycles. The first kappa shape index (κ1) is 14.1. The number of piperidine rings is 1. The average molecular weight is 274 g/mol. The second-order valence-electron chi connectivity index (χ2n) is 6.61. The summed E-state index contributed by atoms with van der Waals surface area (Å²) in [5, 5.41) is 13.8. The Kier molecular flexibility index (Phi) is 4.11. The van der Waals surface area contributed by atoms with Crippen molar-refractivity contribution in [3.8, 4) is 0 Å². The molecule has 1 unspecified atom stereocenters. The van der Waals surface area contributed by atoms with E-state index in [-0.39, 0.29) is 0 Å². The van der Waals surface area contributed by atoms with Gasteiger partial charge in [-0.3, -0.25) is 4.90 Å². The third kappa shape index (κ3) is 3.05. The number of likely N-dealkylation sites (tertiary alicyclic amines) is 1. The Bertz CT molecular complexity index is 429. The van der Waals surface area contributed by atoms with Crippen molar-refractivity contribution in [3.05, 3.63) is 35.4 Å². The average Bonchev–Trinajstić information content (AvgIpc) is 2.90. The fourth-order valence-corrected chi connectivity index (χ4v) is 3.32. The van der Waals surface area contributed by atoms with E-state index in [9.17, 15) is 5.11 Å². The minimum atomic E-state index is -0.654. The Balaban J connectivity index is 1.61. The number of hydrogen-bond acceptors (Lipinski definition) is 3. The molecule has 1 aromatic rings. The normalized spacial score (nSPS) is 28.9. The van der Waals surface area contributed by atoms with E-state index in [0.29, 0.717) is 6.54 Å². The highest BCUT2D eigenvalue weighted by Crippen LogP contribution is 2.28. The highest BCUT2D eigenvalue weighted by atomic mass is 16.3. The quantitative estimate of drug-likeness (QED) is 0.886. The van der Waals surface area contributed by atoms with E-state index in [1.54, 1.807) is 0 Å². The molecule has 1 atom stereocenters. The molecule has 3 rings (SSSR count). The molecule has 0 saturated carbocycles. The van der Waals surface area contributed by atoms with E-state index in [1.165, 1.54) is 31.5 Å². The Hall–Kier alpha value is -0.900. The third-order valence-electron chi connectivity index (χ3n) is 4.91. The molecule has 2 heterocycles. The lowest BCUT2D eigenvalue weighted by Crippen LogP contribution is -2.32. The lowest BCUT2D eigenvalue weighted by molar-refractivity contribution is 0.0587. The number of aliphatic hydroxyl groups is 1. The first-order chi connectivity index (χ1) is 9.66. The maximum absolute atomic E-state index is 10.5. The van der Waals surface area contributed by atoms with E-state index in [2.05, 4.69) is 41.4 Å². The van der Waals surface area contributed by atoms with Gasteiger partial charge in [-0.15, -0.1) is 0 Å². The molecule has 20 heavy (non-hydrogen) atoms. The van der Waals surface area contributed by atoms with E-state index in [0.717, 1.165) is 31.0 Å². The number of rotatable bonds is 3. The smallest absolute Gasteiger partial charge is 0.103 e. The topological polar surface area (TPSA) is 35.5 Å². The van der Waals surface area contributed by atoms with Crippen molar-refractivity contribution in [2.45, 2.75) is 38.3 Å². The van der Waals surface area contributed by atoms with Crippen LogP contribution in [0.5, 0.6) is 0 Å².